The Labute approximate surface area is 144 Å². The highest BCUT2D eigenvalue weighted by atomic mass is 31.2. The number of rotatable bonds is 7. The van der Waals surface area contributed by atoms with Gasteiger partial charge in [-0.1, -0.05) is 18.2 Å². The van der Waals surface area contributed by atoms with E-state index in [0.717, 1.165) is 11.6 Å². The molecule has 136 valence electrons. The van der Waals surface area contributed by atoms with E-state index in [2.05, 4.69) is 0 Å². The van der Waals surface area contributed by atoms with E-state index >= 15 is 0 Å². The fourth-order valence-corrected chi connectivity index (χ4v) is 3.24. The summed E-state index contributed by atoms with van der Waals surface area (Å²) in [5.41, 5.74) is 0.628. The van der Waals surface area contributed by atoms with Gasteiger partial charge in [0.25, 0.3) is 0 Å². The largest absolute Gasteiger partial charge is 0.508 e. The van der Waals surface area contributed by atoms with Crippen LogP contribution in [0.25, 0.3) is 0 Å². The summed E-state index contributed by atoms with van der Waals surface area (Å²) in [4.78, 5) is 30.1. The molecule has 0 saturated carbocycles. The van der Waals surface area contributed by atoms with E-state index in [9.17, 15) is 24.7 Å². The van der Waals surface area contributed by atoms with Crippen LogP contribution in [0.1, 0.15) is 18.4 Å². The number of aryl methyl sites for hydroxylation is 1. The Kier molecular flexibility index (Phi) is 5.82. The van der Waals surface area contributed by atoms with Crippen molar-refractivity contribution in [1.29, 1.82) is 0 Å². The van der Waals surface area contributed by atoms with Crippen molar-refractivity contribution in [3.05, 3.63) is 53.8 Å². The number of ketones is 1. The molecule has 0 spiro atoms. The predicted octanol–water partition coefficient (Wildman–Crippen LogP) is 0.717. The van der Waals surface area contributed by atoms with E-state index in [1.165, 1.54) is 24.3 Å². The molecule has 1 aliphatic rings. The van der Waals surface area contributed by atoms with Crippen LogP contribution in [0.15, 0.2) is 48.2 Å². The Hall–Kier alpha value is -1.96. The lowest BCUT2D eigenvalue weighted by Crippen LogP contribution is -2.46. The summed E-state index contributed by atoms with van der Waals surface area (Å²) >= 11 is 0. The lowest BCUT2D eigenvalue weighted by atomic mass is 9.84. The number of aromatic hydroxyl groups is 1. The molecule has 1 aromatic rings. The fourth-order valence-electron chi connectivity index (χ4n) is 2.70. The standard InChI is InChI=1S/C16H20NO7P/c18-12-8-6-11(7-9-12)3-2-10-16(20,21)15-13(17-25(22,23)24)4-1-5-14(15)19/h1,4-9,15,18,20-21H,2-3,10H2,(H3,17,22,23,24). The Morgan fingerprint density at radius 1 is 1.16 bits per heavy atom. The predicted molar refractivity (Wildman–Crippen MR) is 89.1 cm³/mol. The summed E-state index contributed by atoms with van der Waals surface area (Å²) in [6, 6.07) is 6.42. The second kappa shape index (κ2) is 7.51. The van der Waals surface area contributed by atoms with Crippen molar-refractivity contribution in [3.8, 4) is 5.75 Å². The van der Waals surface area contributed by atoms with Crippen molar-refractivity contribution < 1.29 is 34.5 Å². The highest BCUT2D eigenvalue weighted by molar-refractivity contribution is 7.49. The fraction of sp³-hybridized carbons (Fsp3) is 0.312. The number of allylic oxidation sites excluding steroid dienone is 3. The summed E-state index contributed by atoms with van der Waals surface area (Å²) < 4.78 is 11.1. The van der Waals surface area contributed by atoms with Crippen LogP contribution in [-0.4, -0.2) is 36.7 Å². The highest BCUT2D eigenvalue weighted by Gasteiger charge is 2.43. The van der Waals surface area contributed by atoms with E-state index in [1.54, 1.807) is 12.1 Å². The van der Waals surface area contributed by atoms with Crippen LogP contribution >= 0.6 is 7.75 Å². The average Bonchev–Trinajstić information content (AvgIpc) is 2.47. The number of carbonyl (C=O) groups excluding carboxylic acids is 1. The molecule has 0 bridgehead atoms. The van der Waals surface area contributed by atoms with Crippen molar-refractivity contribution >= 4 is 13.5 Å². The SMILES string of the molecule is O=C1C=CC=C(NP(=O)(O)O)C1C(O)(O)CCCc1ccc(O)cc1. The third-order valence-corrected chi connectivity index (χ3v) is 4.36. The highest BCUT2D eigenvalue weighted by Crippen LogP contribution is 2.37. The van der Waals surface area contributed by atoms with Crippen molar-refractivity contribution in [2.75, 3.05) is 0 Å². The molecule has 6 N–H and O–H groups in total. The zero-order valence-electron chi connectivity index (χ0n) is 13.2. The summed E-state index contributed by atoms with van der Waals surface area (Å²) in [5.74, 6) is -4.51. The van der Waals surface area contributed by atoms with Crippen LogP contribution in [-0.2, 0) is 15.8 Å². The molecule has 1 atom stereocenters. The van der Waals surface area contributed by atoms with Crippen molar-refractivity contribution in [3.63, 3.8) is 0 Å². The molecule has 0 saturated heterocycles. The Morgan fingerprint density at radius 2 is 1.80 bits per heavy atom. The van der Waals surface area contributed by atoms with Gasteiger partial charge in [-0.05, 0) is 42.7 Å². The van der Waals surface area contributed by atoms with Crippen molar-refractivity contribution in [2.45, 2.75) is 25.0 Å². The summed E-state index contributed by atoms with van der Waals surface area (Å²) in [7, 11) is -4.70. The normalized spacial score (nSPS) is 18.2. The van der Waals surface area contributed by atoms with Gasteiger partial charge in [0.2, 0.25) is 0 Å². The molecule has 8 nitrogen and oxygen atoms in total. The monoisotopic (exact) mass is 369 g/mol. The molecule has 1 aromatic carbocycles. The molecule has 0 amide bonds. The molecule has 0 aliphatic heterocycles. The van der Waals surface area contributed by atoms with Gasteiger partial charge in [-0.15, -0.1) is 0 Å². The van der Waals surface area contributed by atoms with Crippen LogP contribution in [0.3, 0.4) is 0 Å². The molecular formula is C16H20NO7P. The van der Waals surface area contributed by atoms with E-state index in [1.807, 2.05) is 5.09 Å². The number of benzene rings is 1. The molecule has 0 fully saturated rings. The van der Waals surface area contributed by atoms with Crippen molar-refractivity contribution in [2.24, 2.45) is 5.92 Å². The number of hydrogen-bond donors (Lipinski definition) is 6. The molecule has 9 heteroatoms. The topological polar surface area (TPSA) is 147 Å². The van der Waals surface area contributed by atoms with Gasteiger partial charge in [-0.25, -0.2) is 4.57 Å². The molecule has 0 aromatic heterocycles. The third-order valence-electron chi connectivity index (χ3n) is 3.82. The van der Waals surface area contributed by atoms with Crippen LogP contribution < -0.4 is 5.09 Å². The molecular weight excluding hydrogens is 349 g/mol. The van der Waals surface area contributed by atoms with Gasteiger partial charge in [0.1, 0.15) is 11.7 Å². The maximum absolute atomic E-state index is 12.0. The smallest absolute Gasteiger partial charge is 0.427 e. The lowest BCUT2D eigenvalue weighted by molar-refractivity contribution is -0.196. The Bertz CT molecular complexity index is 733. The molecule has 1 unspecified atom stereocenters. The number of phenols is 1. The van der Waals surface area contributed by atoms with Gasteiger partial charge in [-0.2, -0.15) is 0 Å². The second-order valence-corrected chi connectivity index (χ2v) is 7.18. The van der Waals surface area contributed by atoms with E-state index in [0.29, 0.717) is 12.8 Å². The summed E-state index contributed by atoms with van der Waals surface area (Å²) in [5, 5.41) is 31.8. The van der Waals surface area contributed by atoms with E-state index in [4.69, 9.17) is 9.79 Å². The van der Waals surface area contributed by atoms with Crippen LogP contribution in [0.4, 0.5) is 0 Å². The molecule has 2 rings (SSSR count). The van der Waals surface area contributed by atoms with Crippen LogP contribution in [0, 0.1) is 5.92 Å². The molecule has 25 heavy (non-hydrogen) atoms. The summed E-state index contributed by atoms with van der Waals surface area (Å²) in [6.07, 6.45) is 4.24. The third kappa shape index (κ3) is 5.52. The van der Waals surface area contributed by atoms with Gasteiger partial charge in [0.05, 0.1) is 0 Å². The lowest BCUT2D eigenvalue weighted by Gasteiger charge is -2.33. The van der Waals surface area contributed by atoms with Gasteiger partial charge in [0, 0.05) is 12.1 Å². The van der Waals surface area contributed by atoms with Crippen molar-refractivity contribution in [1.82, 2.24) is 5.09 Å². The van der Waals surface area contributed by atoms with Crippen LogP contribution in [0.2, 0.25) is 0 Å². The van der Waals surface area contributed by atoms with Gasteiger partial charge in [0.15, 0.2) is 11.6 Å². The molecule has 0 radical (unpaired) electrons. The molecule has 0 heterocycles. The Morgan fingerprint density at radius 3 is 2.40 bits per heavy atom. The minimum atomic E-state index is -4.70. The Balaban J connectivity index is 2.06. The van der Waals surface area contributed by atoms with Crippen LogP contribution in [0.5, 0.6) is 5.75 Å². The minimum Gasteiger partial charge on any atom is -0.508 e. The quantitative estimate of drug-likeness (QED) is 0.304. The zero-order valence-corrected chi connectivity index (χ0v) is 14.1. The first-order valence-corrected chi connectivity index (χ1v) is 9.18. The number of aliphatic hydroxyl groups is 2. The minimum absolute atomic E-state index is 0.125. The second-order valence-electron chi connectivity index (χ2n) is 5.87. The maximum atomic E-state index is 12.0. The summed E-state index contributed by atoms with van der Waals surface area (Å²) in [6.45, 7) is 0. The number of phenolic OH excluding ortho intramolecular Hbond substituents is 1. The van der Waals surface area contributed by atoms with Gasteiger partial charge < -0.3 is 25.1 Å². The van der Waals surface area contributed by atoms with Gasteiger partial charge in [-0.3, -0.25) is 9.88 Å². The maximum Gasteiger partial charge on any atom is 0.427 e. The van der Waals surface area contributed by atoms with E-state index in [-0.39, 0.29) is 17.9 Å². The number of carbonyl (C=O) groups is 1. The first-order chi connectivity index (χ1) is 11.6. The average molecular weight is 369 g/mol. The zero-order chi connectivity index (χ0) is 18.7. The number of hydrogen-bond acceptors (Lipinski definition) is 5. The molecule has 1 aliphatic carbocycles. The van der Waals surface area contributed by atoms with Gasteiger partial charge >= 0.3 is 7.75 Å². The number of nitrogens with one attached hydrogen (secondary N) is 1. The van der Waals surface area contributed by atoms with E-state index < -0.39 is 25.2 Å². The first-order valence-electron chi connectivity index (χ1n) is 7.57. The first kappa shape index (κ1) is 19.4.